The van der Waals surface area contributed by atoms with Crippen LogP contribution in [0.5, 0.6) is 5.75 Å². The number of imidazole rings is 1. The molecular weight excluding hydrogens is 416 g/mol. The number of aryl methyl sites for hydroxylation is 1. The molecule has 2 aromatic heterocycles. The second kappa shape index (κ2) is 10.5. The lowest BCUT2D eigenvalue weighted by molar-refractivity contribution is 0.0746. The van der Waals surface area contributed by atoms with Crippen molar-refractivity contribution in [3.8, 4) is 11.6 Å². The number of ether oxygens (including phenoxy) is 1. The maximum absolute atomic E-state index is 13.0. The van der Waals surface area contributed by atoms with E-state index in [2.05, 4.69) is 26.8 Å². The summed E-state index contributed by atoms with van der Waals surface area (Å²) in [5.41, 5.74) is 2.74. The summed E-state index contributed by atoms with van der Waals surface area (Å²) in [7, 11) is 0. The number of rotatable bonds is 8. The van der Waals surface area contributed by atoms with Crippen LogP contribution in [0.25, 0.3) is 5.82 Å². The molecule has 0 radical (unpaired) electrons. The first-order valence-corrected chi connectivity index (χ1v) is 11.7. The average Bonchev–Trinajstić information content (AvgIpc) is 3.20. The zero-order valence-corrected chi connectivity index (χ0v) is 19.7. The lowest BCUT2D eigenvalue weighted by Crippen LogP contribution is -2.49. The minimum Gasteiger partial charge on any atom is -0.494 e. The highest BCUT2D eigenvalue weighted by atomic mass is 16.5. The Morgan fingerprint density at radius 2 is 1.70 bits per heavy atom. The van der Waals surface area contributed by atoms with Crippen molar-refractivity contribution in [2.45, 2.75) is 40.0 Å². The molecule has 8 nitrogen and oxygen atoms in total. The van der Waals surface area contributed by atoms with Gasteiger partial charge in [0, 0.05) is 43.5 Å². The molecule has 1 aromatic carbocycles. The van der Waals surface area contributed by atoms with E-state index >= 15 is 0 Å². The molecule has 4 rings (SSSR count). The monoisotopic (exact) mass is 448 g/mol. The minimum atomic E-state index is 0.0556. The number of anilines is 1. The first kappa shape index (κ1) is 22.8. The van der Waals surface area contributed by atoms with Crippen LogP contribution in [-0.4, -0.2) is 63.1 Å². The van der Waals surface area contributed by atoms with Gasteiger partial charge in [-0.1, -0.05) is 19.8 Å². The third-order valence-corrected chi connectivity index (χ3v) is 6.15. The number of hydrogen-bond acceptors (Lipinski definition) is 6. The molecule has 1 fully saturated rings. The maximum Gasteiger partial charge on any atom is 0.253 e. The first-order valence-electron chi connectivity index (χ1n) is 11.7. The van der Waals surface area contributed by atoms with Crippen molar-refractivity contribution in [3.63, 3.8) is 0 Å². The third-order valence-electron chi connectivity index (χ3n) is 6.15. The lowest BCUT2D eigenvalue weighted by atomic mass is 10.1. The van der Waals surface area contributed by atoms with Crippen molar-refractivity contribution in [3.05, 3.63) is 59.9 Å². The van der Waals surface area contributed by atoms with E-state index in [0.717, 1.165) is 48.3 Å². The van der Waals surface area contributed by atoms with Gasteiger partial charge in [-0.25, -0.2) is 15.0 Å². The van der Waals surface area contributed by atoms with Crippen LogP contribution in [0.4, 0.5) is 5.82 Å². The Kier molecular flexibility index (Phi) is 7.22. The smallest absolute Gasteiger partial charge is 0.253 e. The number of nitrogens with zero attached hydrogens (tertiary/aromatic N) is 6. The van der Waals surface area contributed by atoms with Gasteiger partial charge in [0.1, 0.15) is 30.0 Å². The fourth-order valence-corrected chi connectivity index (χ4v) is 3.93. The van der Waals surface area contributed by atoms with Crippen molar-refractivity contribution in [2.75, 3.05) is 37.7 Å². The molecule has 0 saturated carbocycles. The molecule has 0 atom stereocenters. The summed E-state index contributed by atoms with van der Waals surface area (Å²) in [5, 5.41) is 0. The van der Waals surface area contributed by atoms with Crippen molar-refractivity contribution >= 4 is 11.7 Å². The number of unbranched alkanes of at least 4 members (excludes halogenated alkanes) is 2. The topological polar surface area (TPSA) is 76.4 Å². The zero-order valence-electron chi connectivity index (χ0n) is 19.7. The molecule has 0 spiro atoms. The normalized spacial score (nSPS) is 13.9. The van der Waals surface area contributed by atoms with Crippen LogP contribution in [0.3, 0.4) is 0 Å². The quantitative estimate of drug-likeness (QED) is 0.488. The molecular formula is C25H32N6O2. The number of amides is 1. The van der Waals surface area contributed by atoms with E-state index in [1.807, 2.05) is 53.6 Å². The van der Waals surface area contributed by atoms with Crippen LogP contribution in [0.2, 0.25) is 0 Å². The Morgan fingerprint density at radius 1 is 0.970 bits per heavy atom. The fraction of sp³-hybridized carbons (Fsp3) is 0.440. The number of carbonyl (C=O) groups excluding carboxylic acids is 1. The van der Waals surface area contributed by atoms with Gasteiger partial charge in [0.25, 0.3) is 5.91 Å². The van der Waals surface area contributed by atoms with Crippen LogP contribution >= 0.6 is 0 Å². The van der Waals surface area contributed by atoms with Crippen LogP contribution in [-0.2, 0) is 0 Å². The van der Waals surface area contributed by atoms with Crippen molar-refractivity contribution in [1.82, 2.24) is 24.4 Å². The molecule has 1 aliphatic rings. The van der Waals surface area contributed by atoms with Gasteiger partial charge in [-0.2, -0.15) is 0 Å². The van der Waals surface area contributed by atoms with Gasteiger partial charge in [0.15, 0.2) is 0 Å². The maximum atomic E-state index is 13.0. The second-order valence-electron chi connectivity index (χ2n) is 8.38. The van der Waals surface area contributed by atoms with Gasteiger partial charge in [-0.3, -0.25) is 9.36 Å². The highest BCUT2D eigenvalue weighted by Gasteiger charge is 2.23. The number of piperazine rings is 1. The predicted molar refractivity (Wildman–Crippen MR) is 128 cm³/mol. The molecule has 174 valence electrons. The molecule has 1 aliphatic heterocycles. The van der Waals surface area contributed by atoms with Gasteiger partial charge >= 0.3 is 0 Å². The number of aromatic nitrogens is 4. The first-order chi connectivity index (χ1) is 16.1. The second-order valence-corrected chi connectivity index (χ2v) is 8.38. The molecule has 0 N–H and O–H groups in total. The summed E-state index contributed by atoms with van der Waals surface area (Å²) in [6.07, 6.45) is 6.77. The molecule has 8 heteroatoms. The van der Waals surface area contributed by atoms with Crippen LogP contribution in [0.1, 0.15) is 47.9 Å². The van der Waals surface area contributed by atoms with E-state index in [4.69, 9.17) is 4.74 Å². The van der Waals surface area contributed by atoms with E-state index in [9.17, 15) is 4.79 Å². The van der Waals surface area contributed by atoms with Gasteiger partial charge in [0.2, 0.25) is 0 Å². The Bertz CT molecular complexity index is 1070. The third kappa shape index (κ3) is 5.32. The lowest BCUT2D eigenvalue weighted by Gasteiger charge is -2.35. The molecule has 3 aromatic rings. The molecule has 0 aliphatic carbocycles. The van der Waals surface area contributed by atoms with Crippen molar-refractivity contribution < 1.29 is 9.53 Å². The fourth-order valence-electron chi connectivity index (χ4n) is 3.93. The highest BCUT2D eigenvalue weighted by Crippen LogP contribution is 2.20. The van der Waals surface area contributed by atoms with Crippen molar-refractivity contribution in [1.29, 1.82) is 0 Å². The van der Waals surface area contributed by atoms with Gasteiger partial charge < -0.3 is 14.5 Å². The molecule has 1 saturated heterocycles. The summed E-state index contributed by atoms with van der Waals surface area (Å²) in [6.45, 7) is 9.65. The summed E-state index contributed by atoms with van der Waals surface area (Å²) in [5.74, 6) is 2.53. The van der Waals surface area contributed by atoms with E-state index in [1.165, 1.54) is 12.8 Å². The van der Waals surface area contributed by atoms with E-state index in [1.54, 1.807) is 12.7 Å². The SMILES string of the molecule is CCCCCOc1ccc(C(=O)N2CCN(c3cc(-n4cnc(C)c4C)ncn3)CC2)cc1. The largest absolute Gasteiger partial charge is 0.494 e. The standard InChI is InChI=1S/C25H32N6O2/c1-4-5-6-15-33-22-9-7-21(8-10-22)25(32)30-13-11-29(12-14-30)23-16-24(27-17-26-23)31-18-28-19(2)20(31)3/h7-10,16-18H,4-6,11-15H2,1-3H3. The molecule has 0 unspecified atom stereocenters. The molecule has 3 heterocycles. The Labute approximate surface area is 195 Å². The van der Waals surface area contributed by atoms with E-state index < -0.39 is 0 Å². The average molecular weight is 449 g/mol. The molecule has 33 heavy (non-hydrogen) atoms. The summed E-state index contributed by atoms with van der Waals surface area (Å²) < 4.78 is 7.72. The van der Waals surface area contributed by atoms with E-state index in [-0.39, 0.29) is 5.91 Å². The number of carbonyl (C=O) groups is 1. The number of hydrogen-bond donors (Lipinski definition) is 0. The van der Waals surface area contributed by atoms with Gasteiger partial charge in [-0.15, -0.1) is 0 Å². The Hall–Kier alpha value is -3.42. The van der Waals surface area contributed by atoms with Crippen LogP contribution < -0.4 is 9.64 Å². The van der Waals surface area contributed by atoms with Crippen molar-refractivity contribution in [2.24, 2.45) is 0 Å². The summed E-state index contributed by atoms with van der Waals surface area (Å²) in [4.78, 5) is 30.3. The Morgan fingerprint density at radius 3 is 2.36 bits per heavy atom. The summed E-state index contributed by atoms with van der Waals surface area (Å²) in [6, 6.07) is 9.46. The zero-order chi connectivity index (χ0) is 23.2. The van der Waals surface area contributed by atoms with Crippen LogP contribution in [0.15, 0.2) is 43.0 Å². The predicted octanol–water partition coefficient (Wildman–Crippen LogP) is 3.81. The van der Waals surface area contributed by atoms with E-state index in [0.29, 0.717) is 25.3 Å². The highest BCUT2D eigenvalue weighted by molar-refractivity contribution is 5.94. The number of benzene rings is 1. The molecule has 0 bridgehead atoms. The van der Waals surface area contributed by atoms with Gasteiger partial charge in [0.05, 0.1) is 12.3 Å². The van der Waals surface area contributed by atoms with Crippen LogP contribution in [0, 0.1) is 13.8 Å². The molecule has 1 amide bonds. The summed E-state index contributed by atoms with van der Waals surface area (Å²) >= 11 is 0. The minimum absolute atomic E-state index is 0.0556. The Balaban J connectivity index is 1.34. The van der Waals surface area contributed by atoms with Gasteiger partial charge in [-0.05, 0) is 44.5 Å².